The number of carboxylic acid groups (broad SMARTS) is 1. The van der Waals surface area contributed by atoms with E-state index in [0.29, 0.717) is 24.9 Å². The topological polar surface area (TPSA) is 40.5 Å². The van der Waals surface area contributed by atoms with Crippen LogP contribution in [-0.2, 0) is 17.5 Å². The van der Waals surface area contributed by atoms with Crippen LogP contribution < -0.4 is 0 Å². The van der Waals surface area contributed by atoms with Gasteiger partial charge in [-0.05, 0) is 41.9 Å². The van der Waals surface area contributed by atoms with Crippen LogP contribution in [0.3, 0.4) is 0 Å². The number of carboxylic acids is 1. The SMILES string of the molecule is O=C(O)C[C@@H]1C[C@@H](C2CCCCCCC2)CN(Cc2ccc(C(F)(F)F)cc2)C1. The highest BCUT2D eigenvalue weighted by Gasteiger charge is 2.33. The molecule has 2 fully saturated rings. The van der Waals surface area contributed by atoms with Crippen molar-refractivity contribution in [2.45, 2.75) is 70.5 Å². The average molecular weight is 412 g/mol. The Morgan fingerprint density at radius 2 is 1.59 bits per heavy atom. The van der Waals surface area contributed by atoms with Gasteiger partial charge in [0.05, 0.1) is 5.56 Å². The fourth-order valence-corrected chi connectivity index (χ4v) is 5.23. The maximum Gasteiger partial charge on any atom is 0.416 e. The molecule has 1 N–H and O–H groups in total. The summed E-state index contributed by atoms with van der Waals surface area (Å²) >= 11 is 0. The van der Waals surface area contributed by atoms with Gasteiger partial charge in [-0.15, -0.1) is 0 Å². The molecule has 1 aromatic carbocycles. The van der Waals surface area contributed by atoms with Gasteiger partial charge in [-0.3, -0.25) is 9.69 Å². The van der Waals surface area contributed by atoms with Gasteiger partial charge in [-0.25, -0.2) is 0 Å². The molecule has 162 valence electrons. The van der Waals surface area contributed by atoms with Crippen molar-refractivity contribution in [2.75, 3.05) is 13.1 Å². The minimum Gasteiger partial charge on any atom is -0.481 e. The summed E-state index contributed by atoms with van der Waals surface area (Å²) in [7, 11) is 0. The van der Waals surface area contributed by atoms with Crippen LogP contribution >= 0.6 is 0 Å². The van der Waals surface area contributed by atoms with E-state index in [1.807, 2.05) is 0 Å². The van der Waals surface area contributed by atoms with Crippen molar-refractivity contribution < 1.29 is 23.1 Å². The first-order chi connectivity index (χ1) is 13.8. The Hall–Kier alpha value is -1.56. The van der Waals surface area contributed by atoms with Crippen LogP contribution in [-0.4, -0.2) is 29.1 Å². The third kappa shape index (κ3) is 6.73. The molecule has 1 heterocycles. The Bertz CT molecular complexity index is 651. The van der Waals surface area contributed by atoms with Gasteiger partial charge in [0, 0.05) is 26.1 Å². The fourth-order valence-electron chi connectivity index (χ4n) is 5.23. The van der Waals surface area contributed by atoms with Crippen LogP contribution in [0.2, 0.25) is 0 Å². The van der Waals surface area contributed by atoms with Crippen LogP contribution in [0.25, 0.3) is 0 Å². The number of halogens is 3. The standard InChI is InChI=1S/C23H32F3NO2/c24-23(25,26)21-10-8-17(9-11-21)14-27-15-18(13-22(28)29)12-20(16-27)19-6-4-2-1-3-5-7-19/h8-11,18-20H,1-7,12-16H2,(H,28,29)/t18-,20+/m0/s1. The van der Waals surface area contributed by atoms with E-state index in [2.05, 4.69) is 4.90 Å². The van der Waals surface area contributed by atoms with Crippen molar-refractivity contribution >= 4 is 5.97 Å². The van der Waals surface area contributed by atoms with Gasteiger partial charge in [-0.1, -0.05) is 57.1 Å². The Morgan fingerprint density at radius 3 is 2.17 bits per heavy atom. The number of aliphatic carboxylic acids is 1. The van der Waals surface area contributed by atoms with Crippen molar-refractivity contribution in [3.05, 3.63) is 35.4 Å². The Kier molecular flexibility index (Phi) is 7.60. The first-order valence-corrected chi connectivity index (χ1v) is 10.9. The third-order valence-electron chi connectivity index (χ3n) is 6.61. The molecule has 1 aliphatic carbocycles. The molecule has 0 aromatic heterocycles. The molecule has 6 heteroatoms. The van der Waals surface area contributed by atoms with E-state index in [1.165, 1.54) is 44.9 Å². The Balaban J connectivity index is 1.68. The van der Waals surface area contributed by atoms with Crippen molar-refractivity contribution in [1.29, 1.82) is 0 Å². The van der Waals surface area contributed by atoms with Gasteiger partial charge in [0.1, 0.15) is 0 Å². The zero-order valence-corrected chi connectivity index (χ0v) is 17.0. The van der Waals surface area contributed by atoms with Gasteiger partial charge < -0.3 is 5.11 Å². The molecule has 1 aromatic rings. The van der Waals surface area contributed by atoms with E-state index in [-0.39, 0.29) is 12.3 Å². The van der Waals surface area contributed by atoms with Crippen molar-refractivity contribution in [3.63, 3.8) is 0 Å². The normalized spacial score (nSPS) is 25.3. The molecule has 2 atom stereocenters. The van der Waals surface area contributed by atoms with E-state index in [0.717, 1.165) is 30.7 Å². The second-order valence-electron chi connectivity index (χ2n) is 8.95. The van der Waals surface area contributed by atoms with Crippen LogP contribution in [0.5, 0.6) is 0 Å². The van der Waals surface area contributed by atoms with Crippen LogP contribution in [0, 0.1) is 17.8 Å². The van der Waals surface area contributed by atoms with Crippen molar-refractivity contribution in [1.82, 2.24) is 4.90 Å². The number of alkyl halides is 3. The Morgan fingerprint density at radius 1 is 0.966 bits per heavy atom. The second-order valence-corrected chi connectivity index (χ2v) is 8.95. The lowest BCUT2D eigenvalue weighted by molar-refractivity contribution is -0.139. The van der Waals surface area contributed by atoms with Gasteiger partial charge in [0.25, 0.3) is 0 Å². The maximum absolute atomic E-state index is 12.8. The summed E-state index contributed by atoms with van der Waals surface area (Å²) in [6.07, 6.45) is 5.66. The zero-order valence-electron chi connectivity index (χ0n) is 17.0. The molecule has 1 saturated heterocycles. The number of likely N-dealkylation sites (tertiary alicyclic amines) is 1. The lowest BCUT2D eigenvalue weighted by Crippen LogP contribution is -2.43. The van der Waals surface area contributed by atoms with E-state index in [9.17, 15) is 23.1 Å². The summed E-state index contributed by atoms with van der Waals surface area (Å²) in [5.74, 6) is 0.483. The van der Waals surface area contributed by atoms with E-state index < -0.39 is 17.7 Å². The quantitative estimate of drug-likeness (QED) is 0.648. The average Bonchev–Trinajstić information content (AvgIpc) is 2.60. The molecule has 0 spiro atoms. The number of nitrogens with zero attached hydrogens (tertiary/aromatic N) is 1. The molecule has 29 heavy (non-hydrogen) atoms. The number of benzene rings is 1. The molecule has 1 saturated carbocycles. The first-order valence-electron chi connectivity index (χ1n) is 10.9. The molecule has 0 bridgehead atoms. The summed E-state index contributed by atoms with van der Waals surface area (Å²) < 4.78 is 38.4. The highest BCUT2D eigenvalue weighted by atomic mass is 19.4. The summed E-state index contributed by atoms with van der Waals surface area (Å²) in [5, 5.41) is 9.30. The van der Waals surface area contributed by atoms with E-state index >= 15 is 0 Å². The molecular formula is C23H32F3NO2. The smallest absolute Gasteiger partial charge is 0.416 e. The van der Waals surface area contributed by atoms with Crippen molar-refractivity contribution in [2.24, 2.45) is 17.8 Å². The van der Waals surface area contributed by atoms with E-state index in [1.54, 1.807) is 12.1 Å². The lowest BCUT2D eigenvalue weighted by Gasteiger charge is -2.41. The number of carbonyl (C=O) groups is 1. The molecule has 0 amide bonds. The first kappa shape index (κ1) is 22.1. The monoisotopic (exact) mass is 411 g/mol. The Labute approximate surface area is 171 Å². The predicted molar refractivity (Wildman–Crippen MR) is 106 cm³/mol. The van der Waals surface area contributed by atoms with Crippen LogP contribution in [0.15, 0.2) is 24.3 Å². The molecule has 2 aliphatic rings. The fraction of sp³-hybridized carbons (Fsp3) is 0.696. The molecular weight excluding hydrogens is 379 g/mol. The summed E-state index contributed by atoms with van der Waals surface area (Å²) in [5.41, 5.74) is 0.224. The van der Waals surface area contributed by atoms with Gasteiger partial charge in [0.2, 0.25) is 0 Å². The highest BCUT2D eigenvalue weighted by molar-refractivity contribution is 5.67. The minimum atomic E-state index is -4.32. The van der Waals surface area contributed by atoms with Gasteiger partial charge in [-0.2, -0.15) is 13.2 Å². The number of piperidine rings is 1. The highest BCUT2D eigenvalue weighted by Crippen LogP contribution is 2.37. The third-order valence-corrected chi connectivity index (χ3v) is 6.61. The van der Waals surface area contributed by atoms with Crippen molar-refractivity contribution in [3.8, 4) is 0 Å². The van der Waals surface area contributed by atoms with Gasteiger partial charge in [0.15, 0.2) is 0 Å². The van der Waals surface area contributed by atoms with Crippen LogP contribution in [0.4, 0.5) is 13.2 Å². The zero-order chi connectivity index (χ0) is 20.9. The number of hydrogen-bond acceptors (Lipinski definition) is 2. The summed E-state index contributed by atoms with van der Waals surface area (Å²) in [6, 6.07) is 5.38. The predicted octanol–water partition coefficient (Wildman–Crippen LogP) is 5.98. The molecule has 0 radical (unpaired) electrons. The molecule has 0 unspecified atom stereocenters. The van der Waals surface area contributed by atoms with Crippen LogP contribution in [0.1, 0.15) is 68.9 Å². The van der Waals surface area contributed by atoms with Gasteiger partial charge >= 0.3 is 12.1 Å². The molecule has 1 aliphatic heterocycles. The summed E-state index contributed by atoms with van der Waals surface area (Å²) in [4.78, 5) is 13.6. The molecule has 3 rings (SSSR count). The largest absolute Gasteiger partial charge is 0.481 e. The minimum absolute atomic E-state index is 0.117. The van der Waals surface area contributed by atoms with E-state index in [4.69, 9.17) is 0 Å². The summed E-state index contributed by atoms with van der Waals surface area (Å²) in [6.45, 7) is 2.20. The number of hydrogen-bond donors (Lipinski definition) is 1. The molecule has 3 nitrogen and oxygen atoms in total. The second kappa shape index (κ2) is 9.96. The maximum atomic E-state index is 12.8. The lowest BCUT2D eigenvalue weighted by atomic mass is 9.74. The number of rotatable bonds is 5.